The van der Waals surface area contributed by atoms with Crippen molar-refractivity contribution < 1.29 is 0 Å². The smallest absolute Gasteiger partial charge is 0.0809 e. The quantitative estimate of drug-likeness (QED) is 0.255. The molecule has 94 valence electrons. The van der Waals surface area contributed by atoms with Gasteiger partial charge in [0.2, 0.25) is 0 Å². The fourth-order valence-electron chi connectivity index (χ4n) is 0.992. The maximum atomic E-state index is 6.05. The summed E-state index contributed by atoms with van der Waals surface area (Å²) in [5.41, 5.74) is 0.263. The van der Waals surface area contributed by atoms with Crippen LogP contribution in [0.3, 0.4) is 0 Å². The van der Waals surface area contributed by atoms with Gasteiger partial charge in [0, 0.05) is 15.9 Å². The summed E-state index contributed by atoms with van der Waals surface area (Å²) in [7, 11) is 0. The number of hydrogen-bond acceptors (Lipinski definition) is 0. The first-order valence-corrected chi connectivity index (χ1v) is 7.71. The zero-order valence-electron chi connectivity index (χ0n) is 7.73. The summed E-state index contributed by atoms with van der Waals surface area (Å²) in [5, 5.41) is 1.28. The summed E-state index contributed by atoms with van der Waals surface area (Å²) in [5.74, 6) is 0. The van der Waals surface area contributed by atoms with Crippen molar-refractivity contribution in [2.45, 2.75) is 0 Å². The maximum Gasteiger partial charge on any atom is 0.0809 e. The number of rotatable bonds is 2. The molecule has 0 N–H and O–H groups in total. The lowest BCUT2D eigenvalue weighted by Crippen LogP contribution is -1.90. The Morgan fingerprint density at radius 3 is 1.47 bits per heavy atom. The van der Waals surface area contributed by atoms with Crippen molar-refractivity contribution in [2.75, 3.05) is 5.33 Å². The summed E-state index contributed by atoms with van der Waals surface area (Å²) in [4.78, 5) is 0. The molecule has 0 aliphatic heterocycles. The zero-order chi connectivity index (χ0) is 13.3. The molecule has 0 aliphatic rings. The van der Waals surface area contributed by atoms with Gasteiger partial charge in [-0.05, 0) is 0 Å². The van der Waals surface area contributed by atoms with Crippen molar-refractivity contribution in [2.24, 2.45) is 0 Å². The van der Waals surface area contributed by atoms with Gasteiger partial charge in [0.05, 0.1) is 30.1 Å². The Morgan fingerprint density at radius 1 is 0.765 bits per heavy atom. The molecule has 0 saturated carbocycles. The maximum absolute atomic E-state index is 6.05. The topological polar surface area (TPSA) is 0 Å². The molecule has 0 fully saturated rings. The van der Waals surface area contributed by atoms with Gasteiger partial charge in [0.25, 0.3) is 0 Å². The largest absolute Gasteiger partial charge is 0.0866 e. The molecule has 0 bridgehead atoms. The molecule has 8 heteroatoms. The number of hydrogen-bond donors (Lipinski definition) is 0. The molecule has 0 unspecified atom stereocenters. The average molecular weight is 438 g/mol. The van der Waals surface area contributed by atoms with Crippen molar-refractivity contribution >= 4 is 102 Å². The minimum Gasteiger partial charge on any atom is -0.0866 e. The highest BCUT2D eigenvalue weighted by atomic mass is 79.9. The van der Waals surface area contributed by atoms with Gasteiger partial charge in [-0.15, -0.1) is 0 Å². The lowest BCUT2D eigenvalue weighted by Gasteiger charge is -2.12. The van der Waals surface area contributed by atoms with Crippen molar-refractivity contribution in [3.8, 4) is 0 Å². The van der Waals surface area contributed by atoms with E-state index in [1.165, 1.54) is 0 Å². The van der Waals surface area contributed by atoms with E-state index >= 15 is 0 Å². The Bertz CT molecular complexity index is 466. The standard InChI is InChI=1S/C9H2BrCl7/c10-1-2(11)4(12)3-5(13)7(15)9(17)8(16)6(3)14/h1H2/b4-2+. The molecule has 0 amide bonds. The Labute approximate surface area is 142 Å². The lowest BCUT2D eigenvalue weighted by atomic mass is 10.2. The van der Waals surface area contributed by atoms with Crippen molar-refractivity contribution in [3.05, 3.63) is 35.7 Å². The Hall–Kier alpha value is 1.47. The second kappa shape index (κ2) is 6.76. The molecule has 0 spiro atoms. The van der Waals surface area contributed by atoms with Gasteiger partial charge in [-0.25, -0.2) is 0 Å². The molecular weight excluding hydrogens is 436 g/mol. The van der Waals surface area contributed by atoms with Gasteiger partial charge in [0.1, 0.15) is 0 Å². The first-order chi connectivity index (χ1) is 7.82. The van der Waals surface area contributed by atoms with Crippen LogP contribution in [-0.4, -0.2) is 5.33 Å². The van der Waals surface area contributed by atoms with E-state index in [0.29, 0.717) is 10.4 Å². The summed E-state index contributed by atoms with van der Waals surface area (Å²) < 4.78 is 0. The Kier molecular flexibility index (Phi) is 6.57. The number of alkyl halides is 1. The SMILES string of the molecule is Cl/C(CBr)=C(/Cl)c1c(Cl)c(Cl)c(Cl)c(Cl)c1Cl. The number of allylic oxidation sites excluding steroid dienone is 1. The average Bonchev–Trinajstić information content (AvgIpc) is 2.32. The van der Waals surface area contributed by atoms with Crippen LogP contribution in [0.15, 0.2) is 5.03 Å². The molecule has 1 rings (SSSR count). The van der Waals surface area contributed by atoms with Gasteiger partial charge in [-0.1, -0.05) is 97.1 Å². The van der Waals surface area contributed by atoms with E-state index in [1.807, 2.05) is 0 Å². The van der Waals surface area contributed by atoms with Gasteiger partial charge in [0.15, 0.2) is 0 Å². The molecule has 0 heterocycles. The van der Waals surface area contributed by atoms with Gasteiger partial charge in [-0.3, -0.25) is 0 Å². The van der Waals surface area contributed by atoms with Gasteiger partial charge >= 0.3 is 0 Å². The van der Waals surface area contributed by atoms with E-state index in [1.54, 1.807) is 0 Å². The number of benzene rings is 1. The first kappa shape index (κ1) is 16.5. The molecule has 1 aromatic carbocycles. The van der Waals surface area contributed by atoms with Crippen LogP contribution in [0.5, 0.6) is 0 Å². The van der Waals surface area contributed by atoms with E-state index in [-0.39, 0.29) is 35.7 Å². The van der Waals surface area contributed by atoms with E-state index in [0.717, 1.165) is 0 Å². The van der Waals surface area contributed by atoms with Crippen molar-refractivity contribution in [1.29, 1.82) is 0 Å². The predicted octanol–water partition coefficient (Wildman–Crippen LogP) is 7.49. The highest BCUT2D eigenvalue weighted by Gasteiger charge is 2.22. The van der Waals surface area contributed by atoms with E-state index in [2.05, 4.69) is 15.9 Å². The Balaban J connectivity index is 3.67. The third-order valence-electron chi connectivity index (χ3n) is 1.78. The molecule has 1 aromatic rings. The normalized spacial score (nSPS) is 12.7. The summed E-state index contributed by atoms with van der Waals surface area (Å²) in [6.07, 6.45) is 0. The monoisotopic (exact) mass is 434 g/mol. The molecule has 17 heavy (non-hydrogen) atoms. The fourth-order valence-corrected chi connectivity index (χ4v) is 3.21. The van der Waals surface area contributed by atoms with Crippen LogP contribution in [0.25, 0.3) is 5.03 Å². The predicted molar refractivity (Wildman–Crippen MR) is 83.9 cm³/mol. The zero-order valence-corrected chi connectivity index (χ0v) is 14.6. The van der Waals surface area contributed by atoms with E-state index in [4.69, 9.17) is 81.2 Å². The van der Waals surface area contributed by atoms with Crippen LogP contribution in [0, 0.1) is 0 Å². The second-order valence-corrected chi connectivity index (χ2v) is 6.08. The molecular formula is C9H2BrCl7. The molecule has 0 saturated heterocycles. The highest BCUT2D eigenvalue weighted by molar-refractivity contribution is 9.09. The molecule has 0 atom stereocenters. The van der Waals surface area contributed by atoms with Gasteiger partial charge in [-0.2, -0.15) is 0 Å². The second-order valence-electron chi connectivity index (χ2n) is 2.80. The van der Waals surface area contributed by atoms with Crippen LogP contribution in [0.1, 0.15) is 5.56 Å². The van der Waals surface area contributed by atoms with E-state index in [9.17, 15) is 0 Å². The van der Waals surface area contributed by atoms with Crippen LogP contribution in [-0.2, 0) is 0 Å². The molecule has 0 radical (unpaired) electrons. The highest BCUT2D eigenvalue weighted by Crippen LogP contribution is 2.48. The van der Waals surface area contributed by atoms with Gasteiger partial charge < -0.3 is 0 Å². The van der Waals surface area contributed by atoms with Crippen LogP contribution in [0.2, 0.25) is 25.1 Å². The third kappa shape index (κ3) is 3.32. The first-order valence-electron chi connectivity index (χ1n) is 3.94. The minimum absolute atomic E-state index is 0.0755. The number of halogens is 8. The third-order valence-corrected chi connectivity index (χ3v) is 5.78. The summed E-state index contributed by atoms with van der Waals surface area (Å²) in [6, 6.07) is 0. The van der Waals surface area contributed by atoms with E-state index < -0.39 is 0 Å². The van der Waals surface area contributed by atoms with Crippen molar-refractivity contribution in [3.63, 3.8) is 0 Å². The van der Waals surface area contributed by atoms with Crippen LogP contribution < -0.4 is 0 Å². The molecule has 0 aliphatic carbocycles. The molecule has 0 nitrogen and oxygen atoms in total. The fraction of sp³-hybridized carbons (Fsp3) is 0.111. The minimum atomic E-state index is 0.0755. The Morgan fingerprint density at radius 2 is 1.12 bits per heavy atom. The molecule has 0 aromatic heterocycles. The van der Waals surface area contributed by atoms with Crippen molar-refractivity contribution in [1.82, 2.24) is 0 Å². The lowest BCUT2D eigenvalue weighted by molar-refractivity contribution is 1.61. The summed E-state index contributed by atoms with van der Waals surface area (Å²) >= 11 is 44.8. The van der Waals surface area contributed by atoms with Crippen LogP contribution >= 0.6 is 97.1 Å². The summed E-state index contributed by atoms with van der Waals surface area (Å²) in [6.45, 7) is 0. The van der Waals surface area contributed by atoms with Crippen LogP contribution in [0.4, 0.5) is 0 Å².